The molecule has 0 aromatic heterocycles. The lowest BCUT2D eigenvalue weighted by atomic mass is 9.65. The third-order valence-electron chi connectivity index (χ3n) is 11.3. The van der Waals surface area contributed by atoms with Crippen LogP contribution in [0.15, 0.2) is 54.6 Å². The Labute approximate surface area is 251 Å². The maximum Gasteiger partial charge on any atom is 0.0317 e. The van der Waals surface area contributed by atoms with Crippen LogP contribution >= 0.6 is 0 Å². The van der Waals surface area contributed by atoms with Crippen molar-refractivity contribution in [1.29, 1.82) is 0 Å². The summed E-state index contributed by atoms with van der Waals surface area (Å²) in [5.74, 6) is 2.64. The molecule has 4 unspecified atom stereocenters. The molecule has 0 saturated carbocycles. The van der Waals surface area contributed by atoms with Gasteiger partial charge < -0.3 is 5.73 Å². The number of nitrogens with two attached hydrogens (primary N) is 1. The molecule has 0 fully saturated rings. The molecule has 0 heterocycles. The van der Waals surface area contributed by atoms with Crippen LogP contribution in [0.4, 0.5) is 5.69 Å². The lowest BCUT2D eigenvalue weighted by Crippen LogP contribution is -2.31. The molecule has 41 heavy (non-hydrogen) atoms. The lowest BCUT2D eigenvalue weighted by Gasteiger charge is -2.38. The van der Waals surface area contributed by atoms with Crippen LogP contribution in [0.3, 0.4) is 0 Å². The smallest absolute Gasteiger partial charge is 0.0317 e. The van der Waals surface area contributed by atoms with Gasteiger partial charge in [0, 0.05) is 16.5 Å². The van der Waals surface area contributed by atoms with E-state index in [0.29, 0.717) is 23.7 Å². The average Bonchev–Trinajstić information content (AvgIpc) is 3.38. The van der Waals surface area contributed by atoms with Crippen molar-refractivity contribution >= 4 is 5.69 Å². The Kier molecular flexibility index (Phi) is 8.48. The van der Waals surface area contributed by atoms with Gasteiger partial charge in [-0.3, -0.25) is 0 Å². The van der Waals surface area contributed by atoms with E-state index in [2.05, 4.69) is 110 Å². The van der Waals surface area contributed by atoms with Crippen molar-refractivity contribution in [3.05, 3.63) is 76.9 Å². The molecule has 2 aliphatic rings. The second-order valence-corrected chi connectivity index (χ2v) is 14.3. The second-order valence-electron chi connectivity index (χ2n) is 14.3. The number of nitrogen functional groups attached to an aromatic ring is 1. The van der Waals surface area contributed by atoms with Crippen molar-refractivity contribution in [3.8, 4) is 22.3 Å². The molecule has 2 aliphatic carbocycles. The monoisotopic (exact) mass is 549 g/mol. The van der Waals surface area contributed by atoms with E-state index in [1.165, 1.54) is 79.2 Å². The molecule has 0 amide bonds. The minimum atomic E-state index is 0.00748. The number of rotatable bonds is 12. The summed E-state index contributed by atoms with van der Waals surface area (Å²) in [7, 11) is 0. The SMILES string of the molecule is CCC(C)CC1(CC(C)CC)c2ccccc2-c2cc3c(cc21)-c1ccc(N)cc1C3(CC(C)CC)CC(C)CC. The van der Waals surface area contributed by atoms with Gasteiger partial charge in [-0.2, -0.15) is 0 Å². The van der Waals surface area contributed by atoms with Gasteiger partial charge in [-0.1, -0.05) is 111 Å². The summed E-state index contributed by atoms with van der Waals surface area (Å²) < 4.78 is 0. The van der Waals surface area contributed by atoms with Gasteiger partial charge in [0.05, 0.1) is 0 Å². The van der Waals surface area contributed by atoms with Gasteiger partial charge >= 0.3 is 0 Å². The van der Waals surface area contributed by atoms with Gasteiger partial charge in [-0.15, -0.1) is 0 Å². The second kappa shape index (κ2) is 11.6. The van der Waals surface area contributed by atoms with Crippen LogP contribution in [-0.2, 0) is 10.8 Å². The molecule has 0 saturated heterocycles. The number of anilines is 1. The molecular formula is C40H55N. The molecule has 4 atom stereocenters. The third kappa shape index (κ3) is 4.96. The molecule has 5 rings (SSSR count). The molecule has 1 heteroatoms. The summed E-state index contributed by atoms with van der Waals surface area (Å²) >= 11 is 0. The molecule has 0 radical (unpaired) electrons. The van der Waals surface area contributed by atoms with Gasteiger partial charge in [0.2, 0.25) is 0 Å². The van der Waals surface area contributed by atoms with Crippen molar-refractivity contribution in [2.45, 2.75) is 118 Å². The van der Waals surface area contributed by atoms with Gasteiger partial charge in [0.1, 0.15) is 0 Å². The van der Waals surface area contributed by atoms with Gasteiger partial charge in [-0.05, 0) is 118 Å². The van der Waals surface area contributed by atoms with E-state index in [1.807, 2.05) is 0 Å². The van der Waals surface area contributed by atoms with Crippen LogP contribution in [0.25, 0.3) is 22.3 Å². The van der Waals surface area contributed by atoms with E-state index in [-0.39, 0.29) is 10.8 Å². The number of hydrogen-bond donors (Lipinski definition) is 1. The zero-order chi connectivity index (χ0) is 29.5. The van der Waals surface area contributed by atoms with Crippen molar-refractivity contribution < 1.29 is 0 Å². The van der Waals surface area contributed by atoms with Crippen LogP contribution in [0.5, 0.6) is 0 Å². The first-order chi connectivity index (χ1) is 19.6. The molecule has 2 N–H and O–H groups in total. The highest BCUT2D eigenvalue weighted by molar-refractivity contribution is 5.90. The summed E-state index contributed by atoms with van der Waals surface area (Å²) in [6, 6.07) is 21.6. The maximum absolute atomic E-state index is 6.56. The van der Waals surface area contributed by atoms with Crippen molar-refractivity contribution in [1.82, 2.24) is 0 Å². The first kappa shape index (κ1) is 29.9. The quantitative estimate of drug-likeness (QED) is 0.223. The summed E-state index contributed by atoms with van der Waals surface area (Å²) in [5, 5.41) is 0. The Morgan fingerprint density at radius 1 is 0.488 bits per heavy atom. The highest BCUT2D eigenvalue weighted by atomic mass is 14.6. The van der Waals surface area contributed by atoms with E-state index in [0.717, 1.165) is 5.69 Å². The first-order valence-electron chi connectivity index (χ1n) is 16.8. The van der Waals surface area contributed by atoms with Gasteiger partial charge in [-0.25, -0.2) is 0 Å². The van der Waals surface area contributed by atoms with E-state index in [1.54, 1.807) is 16.7 Å². The first-order valence-corrected chi connectivity index (χ1v) is 16.8. The molecular weight excluding hydrogens is 494 g/mol. The maximum atomic E-state index is 6.56. The highest BCUT2D eigenvalue weighted by Gasteiger charge is 2.49. The van der Waals surface area contributed by atoms with Crippen LogP contribution in [0.2, 0.25) is 0 Å². The van der Waals surface area contributed by atoms with Crippen LogP contribution in [-0.4, -0.2) is 0 Å². The highest BCUT2D eigenvalue weighted by Crippen LogP contribution is 2.62. The zero-order valence-electron chi connectivity index (χ0n) is 27.2. The van der Waals surface area contributed by atoms with Crippen LogP contribution in [0.1, 0.15) is 129 Å². The number of hydrogen-bond acceptors (Lipinski definition) is 1. The summed E-state index contributed by atoms with van der Waals surface area (Å²) in [6.07, 6.45) is 9.66. The molecule has 3 aromatic rings. The predicted octanol–water partition coefficient (Wildman–Crippen LogP) is 11.5. The minimum absolute atomic E-state index is 0.00748. The van der Waals surface area contributed by atoms with E-state index in [4.69, 9.17) is 5.73 Å². The standard InChI is InChI=1S/C40H55N/c1-9-26(5)22-39(23-27(6)10-2)35-16-14-13-15-31(35)33-20-38-34(21-37(33)39)32-18-17-30(41)19-36(32)40(38,24-28(7)11-3)25-29(8)12-4/h13-21,26-29H,9-12,22-25,41H2,1-8H3. The Morgan fingerprint density at radius 2 is 0.878 bits per heavy atom. The molecule has 1 nitrogen and oxygen atoms in total. The largest absolute Gasteiger partial charge is 0.399 e. The number of benzene rings is 3. The molecule has 0 aliphatic heterocycles. The summed E-state index contributed by atoms with van der Waals surface area (Å²) in [5.41, 5.74) is 19.6. The normalized spacial score (nSPS) is 23.3. The Balaban J connectivity index is 1.84. The fourth-order valence-corrected chi connectivity index (χ4v) is 8.46. The van der Waals surface area contributed by atoms with Crippen LogP contribution in [0, 0.1) is 23.7 Å². The van der Waals surface area contributed by atoms with E-state index in [9.17, 15) is 0 Å². The average molecular weight is 550 g/mol. The van der Waals surface area contributed by atoms with E-state index >= 15 is 0 Å². The summed E-state index contributed by atoms with van der Waals surface area (Å²) in [4.78, 5) is 0. The van der Waals surface area contributed by atoms with Crippen LogP contribution < -0.4 is 5.73 Å². The predicted molar refractivity (Wildman–Crippen MR) is 180 cm³/mol. The Bertz CT molecular complexity index is 1360. The van der Waals surface area contributed by atoms with E-state index < -0.39 is 0 Å². The third-order valence-corrected chi connectivity index (χ3v) is 11.3. The molecule has 0 bridgehead atoms. The summed E-state index contributed by atoms with van der Waals surface area (Å²) in [6.45, 7) is 19.3. The molecule has 0 spiro atoms. The lowest BCUT2D eigenvalue weighted by molar-refractivity contribution is 0.306. The Hall–Kier alpha value is -2.54. The van der Waals surface area contributed by atoms with Crippen molar-refractivity contribution in [2.24, 2.45) is 23.7 Å². The Morgan fingerprint density at radius 3 is 1.34 bits per heavy atom. The van der Waals surface area contributed by atoms with Gasteiger partial charge in [0.15, 0.2) is 0 Å². The van der Waals surface area contributed by atoms with Gasteiger partial charge in [0.25, 0.3) is 0 Å². The zero-order valence-corrected chi connectivity index (χ0v) is 27.2. The topological polar surface area (TPSA) is 26.0 Å². The fourth-order valence-electron chi connectivity index (χ4n) is 8.46. The number of fused-ring (bicyclic) bond motifs is 6. The van der Waals surface area contributed by atoms with Crippen molar-refractivity contribution in [3.63, 3.8) is 0 Å². The molecule has 3 aromatic carbocycles. The fraction of sp³-hybridized carbons (Fsp3) is 0.550. The molecule has 220 valence electrons. The minimum Gasteiger partial charge on any atom is -0.399 e. The van der Waals surface area contributed by atoms with Crippen molar-refractivity contribution in [2.75, 3.05) is 5.73 Å².